The third-order valence-electron chi connectivity index (χ3n) is 5.49. The van der Waals surface area contributed by atoms with Gasteiger partial charge in [-0.2, -0.15) is 0 Å². The van der Waals surface area contributed by atoms with Gasteiger partial charge in [0.25, 0.3) is 5.91 Å². The molecule has 0 aliphatic carbocycles. The fourth-order valence-corrected chi connectivity index (χ4v) is 3.06. The highest BCUT2D eigenvalue weighted by atomic mass is 16.7. The Morgan fingerprint density at radius 3 is 2.48 bits per heavy atom. The summed E-state index contributed by atoms with van der Waals surface area (Å²) in [6.45, 7) is 8.33. The lowest BCUT2D eigenvalue weighted by Gasteiger charge is -2.32. The molecule has 10 heteroatoms. The van der Waals surface area contributed by atoms with Gasteiger partial charge < -0.3 is 29.7 Å². The number of aliphatic hydroxyl groups is 2. The van der Waals surface area contributed by atoms with Crippen LogP contribution in [0.25, 0.3) is 0 Å². The highest BCUT2D eigenvalue weighted by Crippen LogP contribution is 2.36. The van der Waals surface area contributed by atoms with E-state index >= 15 is 0 Å². The molecule has 0 radical (unpaired) electrons. The van der Waals surface area contributed by atoms with Crippen molar-refractivity contribution in [3.05, 3.63) is 12.4 Å². The molecular formula is C17H27BN4O5. The number of hydrogen-bond donors (Lipinski definition) is 3. The zero-order valence-corrected chi connectivity index (χ0v) is 16.2. The van der Waals surface area contributed by atoms with Crippen LogP contribution in [0.2, 0.25) is 0 Å². The second-order valence-corrected chi connectivity index (χ2v) is 8.04. The van der Waals surface area contributed by atoms with E-state index in [1.165, 1.54) is 4.90 Å². The van der Waals surface area contributed by atoms with Crippen LogP contribution in [0.15, 0.2) is 12.4 Å². The number of hydrogen-bond acceptors (Lipinski definition) is 8. The van der Waals surface area contributed by atoms with Crippen molar-refractivity contribution in [1.82, 2.24) is 14.9 Å². The summed E-state index contributed by atoms with van der Waals surface area (Å²) in [5, 5.41) is 21.5. The summed E-state index contributed by atoms with van der Waals surface area (Å²) in [7, 11) is -0.511. The number of nitrogens with zero attached hydrogens (tertiary/aromatic N) is 3. The fraction of sp³-hybridized carbons (Fsp3) is 0.706. The summed E-state index contributed by atoms with van der Waals surface area (Å²) in [6.07, 6.45) is 2.70. The molecule has 1 amide bonds. The van der Waals surface area contributed by atoms with Crippen LogP contribution in [-0.4, -0.2) is 81.2 Å². The molecule has 1 aromatic rings. The van der Waals surface area contributed by atoms with Crippen LogP contribution < -0.4 is 10.8 Å². The first-order valence-electron chi connectivity index (χ1n) is 9.15. The molecular weight excluding hydrogens is 351 g/mol. The Balaban J connectivity index is 1.57. The average molecular weight is 378 g/mol. The first-order chi connectivity index (χ1) is 12.6. The molecule has 1 aromatic heterocycles. The Kier molecular flexibility index (Phi) is 5.44. The van der Waals surface area contributed by atoms with Crippen LogP contribution in [-0.2, 0) is 14.1 Å². The van der Waals surface area contributed by atoms with Crippen LogP contribution in [0.3, 0.4) is 0 Å². The van der Waals surface area contributed by atoms with Gasteiger partial charge in [-0.1, -0.05) is 0 Å². The Morgan fingerprint density at radius 2 is 1.93 bits per heavy atom. The molecule has 3 N–H and O–H groups in total. The van der Waals surface area contributed by atoms with Crippen LogP contribution >= 0.6 is 0 Å². The molecule has 27 heavy (non-hydrogen) atoms. The standard InChI is InChI=1S/C17H27BN4O5/c1-16(2)17(3,4)27-18(26-16)11-7-19-15(20-8-11)21-12-5-6-22(9-12)14(25)13(24)10-23/h7-8,12-13,23-24H,5-6,9-10H2,1-4H3,(H,19,20,21)/t12-,13-/m0/s1. The maximum absolute atomic E-state index is 11.9. The number of carbonyl (C=O) groups is 1. The maximum atomic E-state index is 11.9. The van der Waals surface area contributed by atoms with E-state index < -0.39 is 36.9 Å². The molecule has 0 unspecified atom stereocenters. The second kappa shape index (κ2) is 7.35. The summed E-state index contributed by atoms with van der Waals surface area (Å²) in [5.41, 5.74) is -0.102. The summed E-state index contributed by atoms with van der Waals surface area (Å²) < 4.78 is 12.0. The van der Waals surface area contributed by atoms with Crippen molar-refractivity contribution < 1.29 is 24.3 Å². The third-order valence-corrected chi connectivity index (χ3v) is 5.49. The molecule has 2 aliphatic rings. The highest BCUT2D eigenvalue weighted by molar-refractivity contribution is 6.61. The molecule has 3 heterocycles. The van der Waals surface area contributed by atoms with E-state index in [9.17, 15) is 9.90 Å². The van der Waals surface area contributed by atoms with E-state index in [-0.39, 0.29) is 6.04 Å². The normalized spacial score (nSPS) is 24.9. The lowest BCUT2D eigenvalue weighted by Crippen LogP contribution is -2.41. The minimum absolute atomic E-state index is 0.0115. The SMILES string of the molecule is CC1(C)OB(c2cnc(N[C@H]3CCN(C(=O)[C@@H](O)CO)C3)nc2)OC1(C)C. The van der Waals surface area contributed by atoms with Crippen molar-refractivity contribution in [2.24, 2.45) is 0 Å². The van der Waals surface area contributed by atoms with Gasteiger partial charge in [0, 0.05) is 37.0 Å². The molecule has 0 saturated carbocycles. The molecule has 2 saturated heterocycles. The van der Waals surface area contributed by atoms with Gasteiger partial charge in [0.15, 0.2) is 6.10 Å². The van der Waals surface area contributed by atoms with Gasteiger partial charge >= 0.3 is 7.12 Å². The van der Waals surface area contributed by atoms with Crippen molar-refractivity contribution in [2.75, 3.05) is 25.0 Å². The van der Waals surface area contributed by atoms with Crippen LogP contribution in [0.1, 0.15) is 34.1 Å². The van der Waals surface area contributed by atoms with Crippen LogP contribution in [0.5, 0.6) is 0 Å². The van der Waals surface area contributed by atoms with Crippen LogP contribution in [0, 0.1) is 0 Å². The van der Waals surface area contributed by atoms with Gasteiger partial charge in [0.05, 0.1) is 17.8 Å². The lowest BCUT2D eigenvalue weighted by atomic mass is 9.81. The van der Waals surface area contributed by atoms with Gasteiger partial charge in [-0.25, -0.2) is 9.97 Å². The average Bonchev–Trinajstić information content (AvgIpc) is 3.16. The number of aromatic nitrogens is 2. The van der Waals surface area contributed by atoms with Crippen molar-refractivity contribution >= 4 is 24.4 Å². The molecule has 2 fully saturated rings. The van der Waals surface area contributed by atoms with E-state index in [2.05, 4.69) is 15.3 Å². The van der Waals surface area contributed by atoms with Gasteiger partial charge in [0.2, 0.25) is 5.95 Å². The number of likely N-dealkylation sites (tertiary alicyclic amines) is 1. The summed E-state index contributed by atoms with van der Waals surface area (Å²) >= 11 is 0. The molecule has 9 nitrogen and oxygen atoms in total. The Bertz CT molecular complexity index is 668. The first-order valence-corrected chi connectivity index (χ1v) is 9.15. The predicted octanol–water partition coefficient (Wildman–Crippen LogP) is -0.858. The number of rotatable bonds is 5. The highest BCUT2D eigenvalue weighted by Gasteiger charge is 2.52. The molecule has 2 atom stereocenters. The molecule has 0 spiro atoms. The zero-order chi connectivity index (χ0) is 19.8. The molecule has 0 aromatic carbocycles. The van der Waals surface area contributed by atoms with Gasteiger partial charge in [-0.3, -0.25) is 4.79 Å². The first kappa shape index (κ1) is 20.0. The van der Waals surface area contributed by atoms with Gasteiger partial charge in [-0.05, 0) is 34.1 Å². The molecule has 3 rings (SSSR count). The van der Waals surface area contributed by atoms with Gasteiger partial charge in [-0.15, -0.1) is 0 Å². The minimum Gasteiger partial charge on any atom is -0.399 e. The van der Waals surface area contributed by atoms with Crippen molar-refractivity contribution in [3.63, 3.8) is 0 Å². The minimum atomic E-state index is -1.36. The van der Waals surface area contributed by atoms with E-state index in [1.54, 1.807) is 12.4 Å². The molecule has 148 valence electrons. The largest absolute Gasteiger partial charge is 0.498 e. The van der Waals surface area contributed by atoms with Crippen molar-refractivity contribution in [2.45, 2.75) is 57.5 Å². The Morgan fingerprint density at radius 1 is 1.33 bits per heavy atom. The second-order valence-electron chi connectivity index (χ2n) is 8.04. The topological polar surface area (TPSA) is 117 Å². The van der Waals surface area contributed by atoms with E-state index in [4.69, 9.17) is 14.4 Å². The smallest absolute Gasteiger partial charge is 0.399 e. The third kappa shape index (κ3) is 4.08. The fourth-order valence-electron chi connectivity index (χ4n) is 3.06. The van der Waals surface area contributed by atoms with Crippen molar-refractivity contribution in [1.29, 1.82) is 0 Å². The van der Waals surface area contributed by atoms with Gasteiger partial charge in [0.1, 0.15) is 0 Å². The summed E-state index contributed by atoms with van der Waals surface area (Å²) in [6, 6.07) is -0.0115. The summed E-state index contributed by atoms with van der Waals surface area (Å²) in [4.78, 5) is 22.1. The predicted molar refractivity (Wildman–Crippen MR) is 99.4 cm³/mol. The number of amides is 1. The monoisotopic (exact) mass is 378 g/mol. The molecule has 0 bridgehead atoms. The van der Waals surface area contributed by atoms with E-state index in [0.717, 1.165) is 5.46 Å². The van der Waals surface area contributed by atoms with Crippen LogP contribution in [0.4, 0.5) is 5.95 Å². The number of carbonyl (C=O) groups excluding carboxylic acids is 1. The Hall–Kier alpha value is -1.75. The molecule has 2 aliphatic heterocycles. The van der Waals surface area contributed by atoms with E-state index in [0.29, 0.717) is 25.5 Å². The quantitative estimate of drug-likeness (QED) is 0.567. The number of anilines is 1. The maximum Gasteiger partial charge on any atom is 0.498 e. The Labute approximate surface area is 159 Å². The zero-order valence-electron chi connectivity index (χ0n) is 16.2. The lowest BCUT2D eigenvalue weighted by molar-refractivity contribution is -0.140. The number of aliphatic hydroxyl groups excluding tert-OH is 2. The number of nitrogens with one attached hydrogen (secondary N) is 1. The van der Waals surface area contributed by atoms with E-state index in [1.807, 2.05) is 27.7 Å². The van der Waals surface area contributed by atoms with Crippen molar-refractivity contribution in [3.8, 4) is 0 Å². The summed E-state index contributed by atoms with van der Waals surface area (Å²) in [5.74, 6) is -0.00361.